The summed E-state index contributed by atoms with van der Waals surface area (Å²) in [5.41, 5.74) is 8.36. The van der Waals surface area contributed by atoms with E-state index in [1.807, 2.05) is 13.8 Å². The van der Waals surface area contributed by atoms with Crippen LogP contribution in [0.4, 0.5) is 5.69 Å². The average Bonchev–Trinajstić information content (AvgIpc) is 2.35. The van der Waals surface area contributed by atoms with E-state index < -0.39 is 0 Å². The number of nitrogens with two attached hydrogens (primary N) is 1. The molecule has 0 saturated heterocycles. The standard InChI is InChI=1S/C15H26N4/c1-5-19(14-9-7-6-8-13(14)4)11-10-17-15(16)18-12(2)3/h6-9,12H,5,10-11H2,1-4H3,(H3,16,17,18). The number of likely N-dealkylation sites (N-methyl/N-ethyl adjacent to an activating group) is 1. The third-order valence-corrected chi connectivity index (χ3v) is 2.93. The van der Waals surface area contributed by atoms with Crippen LogP contribution in [0.5, 0.6) is 0 Å². The molecule has 0 fully saturated rings. The van der Waals surface area contributed by atoms with Crippen molar-refractivity contribution in [2.75, 3.05) is 24.5 Å². The first-order valence-corrected chi connectivity index (χ1v) is 6.91. The van der Waals surface area contributed by atoms with Gasteiger partial charge in [-0.05, 0) is 39.3 Å². The SMILES string of the molecule is CCN(CCN=C(N)NC(C)C)c1ccccc1C. The third kappa shape index (κ3) is 5.20. The fraction of sp³-hybridized carbons (Fsp3) is 0.533. The molecule has 0 aliphatic carbocycles. The summed E-state index contributed by atoms with van der Waals surface area (Å²) in [5.74, 6) is 0.524. The zero-order chi connectivity index (χ0) is 14.3. The van der Waals surface area contributed by atoms with Gasteiger partial charge in [-0.15, -0.1) is 0 Å². The molecular formula is C15H26N4. The lowest BCUT2D eigenvalue weighted by molar-refractivity contribution is 0.720. The van der Waals surface area contributed by atoms with Crippen molar-refractivity contribution < 1.29 is 0 Å². The minimum atomic E-state index is 0.322. The minimum Gasteiger partial charge on any atom is -0.370 e. The van der Waals surface area contributed by atoms with Crippen LogP contribution in [-0.2, 0) is 0 Å². The maximum atomic E-state index is 5.79. The predicted molar refractivity (Wildman–Crippen MR) is 83.8 cm³/mol. The van der Waals surface area contributed by atoms with Crippen LogP contribution in [0.1, 0.15) is 26.3 Å². The van der Waals surface area contributed by atoms with Crippen LogP contribution in [0.25, 0.3) is 0 Å². The first-order chi connectivity index (χ1) is 9.04. The zero-order valence-corrected chi connectivity index (χ0v) is 12.5. The molecule has 0 heterocycles. The number of guanidine groups is 1. The van der Waals surface area contributed by atoms with Crippen molar-refractivity contribution in [2.24, 2.45) is 10.7 Å². The Morgan fingerprint density at radius 3 is 2.63 bits per heavy atom. The second-order valence-corrected chi connectivity index (χ2v) is 4.93. The summed E-state index contributed by atoms with van der Waals surface area (Å²) in [6, 6.07) is 8.74. The van der Waals surface area contributed by atoms with Crippen LogP contribution in [0.3, 0.4) is 0 Å². The van der Waals surface area contributed by atoms with E-state index in [-0.39, 0.29) is 0 Å². The summed E-state index contributed by atoms with van der Waals surface area (Å²) < 4.78 is 0. The van der Waals surface area contributed by atoms with Crippen molar-refractivity contribution in [1.82, 2.24) is 5.32 Å². The number of nitrogens with one attached hydrogen (secondary N) is 1. The Morgan fingerprint density at radius 1 is 1.37 bits per heavy atom. The van der Waals surface area contributed by atoms with Gasteiger partial charge in [0.05, 0.1) is 6.54 Å². The van der Waals surface area contributed by atoms with E-state index in [0.717, 1.165) is 13.1 Å². The first-order valence-electron chi connectivity index (χ1n) is 6.91. The Bertz CT molecular complexity index is 412. The Labute approximate surface area is 116 Å². The van der Waals surface area contributed by atoms with E-state index in [1.165, 1.54) is 11.3 Å². The smallest absolute Gasteiger partial charge is 0.188 e. The van der Waals surface area contributed by atoms with Gasteiger partial charge in [0.1, 0.15) is 0 Å². The highest BCUT2D eigenvalue weighted by Crippen LogP contribution is 2.18. The molecule has 0 atom stereocenters. The van der Waals surface area contributed by atoms with Crippen molar-refractivity contribution in [1.29, 1.82) is 0 Å². The number of hydrogen-bond donors (Lipinski definition) is 2. The second-order valence-electron chi connectivity index (χ2n) is 4.93. The van der Waals surface area contributed by atoms with E-state index in [0.29, 0.717) is 18.5 Å². The average molecular weight is 262 g/mol. The van der Waals surface area contributed by atoms with Crippen LogP contribution in [0.2, 0.25) is 0 Å². The fourth-order valence-corrected chi connectivity index (χ4v) is 2.00. The van der Waals surface area contributed by atoms with Crippen LogP contribution in [-0.4, -0.2) is 31.6 Å². The van der Waals surface area contributed by atoms with Gasteiger partial charge in [0.2, 0.25) is 0 Å². The molecule has 0 unspecified atom stereocenters. The highest BCUT2D eigenvalue weighted by molar-refractivity contribution is 5.78. The highest BCUT2D eigenvalue weighted by atomic mass is 15.2. The molecule has 0 aliphatic rings. The number of rotatable bonds is 6. The molecule has 1 rings (SSSR count). The van der Waals surface area contributed by atoms with Gasteiger partial charge >= 0.3 is 0 Å². The summed E-state index contributed by atoms with van der Waals surface area (Å²) >= 11 is 0. The molecule has 0 aliphatic heterocycles. The lowest BCUT2D eigenvalue weighted by Crippen LogP contribution is -2.37. The van der Waals surface area contributed by atoms with E-state index >= 15 is 0 Å². The largest absolute Gasteiger partial charge is 0.370 e. The summed E-state index contributed by atoms with van der Waals surface area (Å²) in [4.78, 5) is 6.67. The summed E-state index contributed by atoms with van der Waals surface area (Å²) in [5, 5.41) is 3.09. The van der Waals surface area contributed by atoms with Gasteiger partial charge in [0.25, 0.3) is 0 Å². The summed E-state index contributed by atoms with van der Waals surface area (Å²) in [6.07, 6.45) is 0. The number of nitrogens with zero attached hydrogens (tertiary/aromatic N) is 2. The quantitative estimate of drug-likeness (QED) is 0.610. The van der Waals surface area contributed by atoms with Crippen LogP contribution < -0.4 is 16.0 Å². The summed E-state index contributed by atoms with van der Waals surface area (Å²) in [6.45, 7) is 10.9. The van der Waals surface area contributed by atoms with Gasteiger partial charge < -0.3 is 16.0 Å². The normalized spacial score (nSPS) is 11.7. The lowest BCUT2D eigenvalue weighted by atomic mass is 10.2. The molecule has 0 radical (unpaired) electrons. The molecule has 1 aromatic rings. The zero-order valence-electron chi connectivity index (χ0n) is 12.5. The van der Waals surface area contributed by atoms with Gasteiger partial charge in [-0.1, -0.05) is 18.2 Å². The molecule has 1 aromatic carbocycles. The van der Waals surface area contributed by atoms with E-state index in [1.54, 1.807) is 0 Å². The molecular weight excluding hydrogens is 236 g/mol. The van der Waals surface area contributed by atoms with Crippen molar-refractivity contribution >= 4 is 11.6 Å². The van der Waals surface area contributed by atoms with Crippen molar-refractivity contribution in [3.05, 3.63) is 29.8 Å². The molecule has 0 amide bonds. The maximum absolute atomic E-state index is 5.79. The molecule has 0 spiro atoms. The first kappa shape index (κ1) is 15.3. The number of para-hydroxylation sites is 1. The molecule has 4 nitrogen and oxygen atoms in total. The molecule has 0 bridgehead atoms. The second kappa shape index (κ2) is 7.67. The molecule has 0 aromatic heterocycles. The Balaban J connectivity index is 2.57. The van der Waals surface area contributed by atoms with Crippen molar-refractivity contribution in [3.8, 4) is 0 Å². The highest BCUT2D eigenvalue weighted by Gasteiger charge is 2.06. The van der Waals surface area contributed by atoms with E-state index in [4.69, 9.17) is 5.73 Å². The molecule has 19 heavy (non-hydrogen) atoms. The van der Waals surface area contributed by atoms with Gasteiger partial charge in [-0.2, -0.15) is 0 Å². The number of aryl methyl sites for hydroxylation is 1. The molecule has 0 saturated carbocycles. The van der Waals surface area contributed by atoms with Crippen LogP contribution >= 0.6 is 0 Å². The monoisotopic (exact) mass is 262 g/mol. The Morgan fingerprint density at radius 2 is 2.05 bits per heavy atom. The third-order valence-electron chi connectivity index (χ3n) is 2.93. The van der Waals surface area contributed by atoms with Gasteiger partial charge in [0, 0.05) is 24.8 Å². The number of hydrogen-bond acceptors (Lipinski definition) is 2. The van der Waals surface area contributed by atoms with Gasteiger partial charge in [-0.3, -0.25) is 4.99 Å². The molecule has 3 N–H and O–H groups in total. The van der Waals surface area contributed by atoms with Crippen LogP contribution in [0, 0.1) is 6.92 Å². The fourth-order valence-electron chi connectivity index (χ4n) is 2.00. The topological polar surface area (TPSA) is 53.6 Å². The van der Waals surface area contributed by atoms with Crippen LogP contribution in [0.15, 0.2) is 29.3 Å². The van der Waals surface area contributed by atoms with Crippen molar-refractivity contribution in [3.63, 3.8) is 0 Å². The number of anilines is 1. The number of benzene rings is 1. The molecule has 106 valence electrons. The predicted octanol–water partition coefficient (Wildman–Crippen LogP) is 2.13. The Hall–Kier alpha value is -1.71. The lowest BCUT2D eigenvalue weighted by Gasteiger charge is -2.24. The van der Waals surface area contributed by atoms with Gasteiger partial charge in [-0.25, -0.2) is 0 Å². The maximum Gasteiger partial charge on any atom is 0.188 e. The summed E-state index contributed by atoms with van der Waals surface area (Å²) in [7, 11) is 0. The van der Waals surface area contributed by atoms with E-state index in [2.05, 4.69) is 53.3 Å². The van der Waals surface area contributed by atoms with E-state index in [9.17, 15) is 0 Å². The Kier molecular flexibility index (Phi) is 6.19. The number of aliphatic imine (C=N–C) groups is 1. The van der Waals surface area contributed by atoms with Crippen molar-refractivity contribution in [2.45, 2.75) is 33.7 Å². The minimum absolute atomic E-state index is 0.322. The van der Waals surface area contributed by atoms with Gasteiger partial charge in [0.15, 0.2) is 5.96 Å². The molecule has 4 heteroatoms.